The smallest absolute Gasteiger partial charge is 0.223 e. The van der Waals surface area contributed by atoms with Crippen LogP contribution in [0.4, 0.5) is 0 Å². The third-order valence-corrected chi connectivity index (χ3v) is 4.14. The molecule has 2 heterocycles. The molecule has 5 heteroatoms. The topological polar surface area (TPSA) is 36.0 Å². The zero-order valence-electron chi connectivity index (χ0n) is 12.3. The van der Waals surface area contributed by atoms with E-state index >= 15 is 0 Å². The van der Waals surface area contributed by atoms with E-state index in [9.17, 15) is 4.79 Å². The average Bonchev–Trinajstić information content (AvgIpc) is 2.46. The van der Waals surface area contributed by atoms with Crippen LogP contribution >= 0.6 is 0 Å². The molecule has 0 spiro atoms. The van der Waals surface area contributed by atoms with E-state index in [0.717, 1.165) is 59.0 Å². The number of hydrogen-bond acceptors (Lipinski definition) is 4. The van der Waals surface area contributed by atoms with Gasteiger partial charge in [0, 0.05) is 58.3 Å². The highest BCUT2D eigenvalue weighted by molar-refractivity contribution is 5.76. The van der Waals surface area contributed by atoms with Crippen LogP contribution in [0, 0.1) is 0 Å². The predicted octanol–water partition coefficient (Wildman–Crippen LogP) is 0.261. The van der Waals surface area contributed by atoms with E-state index in [4.69, 9.17) is 4.74 Å². The summed E-state index contributed by atoms with van der Waals surface area (Å²) >= 11 is 0. The van der Waals surface area contributed by atoms with Crippen LogP contribution in [0.2, 0.25) is 0 Å². The Balaban J connectivity index is 1.66. The van der Waals surface area contributed by atoms with Crippen molar-refractivity contribution in [2.24, 2.45) is 0 Å². The molecule has 0 radical (unpaired) electrons. The molecule has 0 N–H and O–H groups in total. The molecule has 2 fully saturated rings. The summed E-state index contributed by atoms with van der Waals surface area (Å²) in [7, 11) is 0. The summed E-state index contributed by atoms with van der Waals surface area (Å²) in [6, 6.07) is 0.589. The van der Waals surface area contributed by atoms with Crippen molar-refractivity contribution >= 4 is 5.91 Å². The quantitative estimate of drug-likeness (QED) is 0.733. The number of ether oxygens (including phenoxy) is 1. The first-order chi connectivity index (χ1) is 9.16. The van der Waals surface area contributed by atoms with Crippen molar-refractivity contribution < 1.29 is 9.53 Å². The fraction of sp³-hybridized carbons (Fsp3) is 0.929. The second-order valence-corrected chi connectivity index (χ2v) is 5.71. The number of piperazine rings is 1. The first-order valence-electron chi connectivity index (χ1n) is 7.49. The van der Waals surface area contributed by atoms with Gasteiger partial charge in [-0.15, -0.1) is 0 Å². The lowest BCUT2D eigenvalue weighted by Gasteiger charge is -2.37. The minimum atomic E-state index is 0.315. The van der Waals surface area contributed by atoms with E-state index in [1.807, 2.05) is 4.90 Å². The van der Waals surface area contributed by atoms with E-state index in [2.05, 4.69) is 23.6 Å². The van der Waals surface area contributed by atoms with Crippen LogP contribution in [0.25, 0.3) is 0 Å². The van der Waals surface area contributed by atoms with E-state index in [0.29, 0.717) is 18.4 Å². The Morgan fingerprint density at radius 1 is 1.05 bits per heavy atom. The van der Waals surface area contributed by atoms with Crippen LogP contribution in [0.5, 0.6) is 0 Å². The fourth-order valence-electron chi connectivity index (χ4n) is 2.72. The molecule has 19 heavy (non-hydrogen) atoms. The molecule has 0 aliphatic carbocycles. The third kappa shape index (κ3) is 4.44. The highest BCUT2D eigenvalue weighted by Crippen LogP contribution is 2.08. The number of carbonyl (C=O) groups is 1. The molecule has 1 amide bonds. The monoisotopic (exact) mass is 269 g/mol. The highest BCUT2D eigenvalue weighted by Gasteiger charge is 2.22. The summed E-state index contributed by atoms with van der Waals surface area (Å²) in [6.07, 6.45) is 0.654. The van der Waals surface area contributed by atoms with Crippen LogP contribution in [0.15, 0.2) is 0 Å². The SMILES string of the molecule is CC(C)N1CCN(C(=O)CCN2CCOCC2)CC1. The van der Waals surface area contributed by atoms with Gasteiger partial charge < -0.3 is 9.64 Å². The number of carbonyl (C=O) groups excluding carboxylic acids is 1. The largest absolute Gasteiger partial charge is 0.379 e. The zero-order valence-corrected chi connectivity index (χ0v) is 12.3. The Morgan fingerprint density at radius 2 is 1.68 bits per heavy atom. The normalized spacial score (nSPS) is 23.0. The molecule has 0 unspecified atom stereocenters. The first kappa shape index (κ1) is 14.8. The van der Waals surface area contributed by atoms with E-state index in [1.54, 1.807) is 0 Å². The van der Waals surface area contributed by atoms with Gasteiger partial charge in [0.05, 0.1) is 13.2 Å². The summed E-state index contributed by atoms with van der Waals surface area (Å²) < 4.78 is 5.31. The van der Waals surface area contributed by atoms with E-state index in [-0.39, 0.29) is 0 Å². The molecule has 0 saturated carbocycles. The van der Waals surface area contributed by atoms with Crippen molar-refractivity contribution in [1.82, 2.24) is 14.7 Å². The lowest BCUT2D eigenvalue weighted by Crippen LogP contribution is -2.51. The lowest BCUT2D eigenvalue weighted by atomic mass is 10.2. The average molecular weight is 269 g/mol. The predicted molar refractivity (Wildman–Crippen MR) is 75.2 cm³/mol. The van der Waals surface area contributed by atoms with Gasteiger partial charge in [-0.05, 0) is 13.8 Å². The summed E-state index contributed by atoms with van der Waals surface area (Å²) in [6.45, 7) is 12.7. The van der Waals surface area contributed by atoms with E-state index in [1.165, 1.54) is 0 Å². The number of nitrogens with zero attached hydrogens (tertiary/aromatic N) is 3. The van der Waals surface area contributed by atoms with Crippen molar-refractivity contribution in [1.29, 1.82) is 0 Å². The molecular weight excluding hydrogens is 242 g/mol. The Labute approximate surface area is 116 Å². The van der Waals surface area contributed by atoms with Crippen molar-refractivity contribution in [2.75, 3.05) is 59.0 Å². The van der Waals surface area contributed by atoms with Crippen LogP contribution in [0.1, 0.15) is 20.3 Å². The van der Waals surface area contributed by atoms with Crippen LogP contribution in [-0.2, 0) is 9.53 Å². The van der Waals surface area contributed by atoms with Crippen molar-refractivity contribution in [3.8, 4) is 0 Å². The fourth-order valence-corrected chi connectivity index (χ4v) is 2.72. The van der Waals surface area contributed by atoms with Gasteiger partial charge in [0.25, 0.3) is 0 Å². The standard InChI is InChI=1S/C14H27N3O2/c1-13(2)16-5-7-17(8-6-16)14(18)3-4-15-9-11-19-12-10-15/h13H,3-12H2,1-2H3. The van der Waals surface area contributed by atoms with Crippen LogP contribution < -0.4 is 0 Å². The van der Waals surface area contributed by atoms with Gasteiger partial charge in [0.2, 0.25) is 5.91 Å². The number of amides is 1. The first-order valence-corrected chi connectivity index (χ1v) is 7.49. The van der Waals surface area contributed by atoms with Crippen LogP contribution in [0.3, 0.4) is 0 Å². The molecule has 2 saturated heterocycles. The number of morpholine rings is 1. The van der Waals surface area contributed by atoms with Gasteiger partial charge in [-0.25, -0.2) is 0 Å². The Hall–Kier alpha value is -0.650. The van der Waals surface area contributed by atoms with Gasteiger partial charge in [0.15, 0.2) is 0 Å². The molecule has 0 aromatic rings. The minimum absolute atomic E-state index is 0.315. The van der Waals surface area contributed by atoms with Gasteiger partial charge in [-0.3, -0.25) is 14.6 Å². The summed E-state index contributed by atoms with van der Waals surface area (Å²) in [4.78, 5) is 19.0. The molecule has 0 aromatic heterocycles. The molecular formula is C14H27N3O2. The Morgan fingerprint density at radius 3 is 2.26 bits per heavy atom. The molecule has 0 atom stereocenters. The molecule has 2 aliphatic heterocycles. The Bertz CT molecular complexity index is 282. The summed E-state index contributed by atoms with van der Waals surface area (Å²) in [5.74, 6) is 0.315. The maximum absolute atomic E-state index is 12.2. The molecule has 5 nitrogen and oxygen atoms in total. The minimum Gasteiger partial charge on any atom is -0.379 e. The van der Waals surface area contributed by atoms with Gasteiger partial charge in [0.1, 0.15) is 0 Å². The van der Waals surface area contributed by atoms with Crippen molar-refractivity contribution in [3.63, 3.8) is 0 Å². The van der Waals surface area contributed by atoms with Crippen molar-refractivity contribution in [3.05, 3.63) is 0 Å². The molecule has 2 aliphatic rings. The molecule has 0 bridgehead atoms. The molecule has 0 aromatic carbocycles. The van der Waals surface area contributed by atoms with Crippen molar-refractivity contribution in [2.45, 2.75) is 26.3 Å². The zero-order chi connectivity index (χ0) is 13.7. The second kappa shape index (κ2) is 7.22. The van der Waals surface area contributed by atoms with E-state index < -0.39 is 0 Å². The van der Waals surface area contributed by atoms with Gasteiger partial charge in [-0.2, -0.15) is 0 Å². The molecule has 2 rings (SSSR count). The Kier molecular flexibility index (Phi) is 5.60. The lowest BCUT2D eigenvalue weighted by molar-refractivity contribution is -0.133. The summed E-state index contributed by atoms with van der Waals surface area (Å²) in [5.41, 5.74) is 0. The van der Waals surface area contributed by atoms with Gasteiger partial charge in [-0.1, -0.05) is 0 Å². The highest BCUT2D eigenvalue weighted by atomic mass is 16.5. The summed E-state index contributed by atoms with van der Waals surface area (Å²) in [5, 5.41) is 0. The molecule has 110 valence electrons. The number of rotatable bonds is 4. The number of hydrogen-bond donors (Lipinski definition) is 0. The van der Waals surface area contributed by atoms with Gasteiger partial charge >= 0.3 is 0 Å². The third-order valence-electron chi connectivity index (χ3n) is 4.14. The maximum atomic E-state index is 12.2. The van der Waals surface area contributed by atoms with Crippen LogP contribution in [-0.4, -0.2) is 85.7 Å². The second-order valence-electron chi connectivity index (χ2n) is 5.71. The maximum Gasteiger partial charge on any atom is 0.223 e.